The third kappa shape index (κ3) is 5.29. The predicted molar refractivity (Wildman–Crippen MR) is 65.3 cm³/mol. The second-order valence-electron chi connectivity index (χ2n) is 3.79. The number of guanidine groups is 1. The maximum Gasteiger partial charge on any atom is 0.255 e. The topological polar surface area (TPSA) is 27.6 Å². The van der Waals surface area contributed by atoms with E-state index >= 15 is 0 Å². The highest BCUT2D eigenvalue weighted by Crippen LogP contribution is 2.00. The lowest BCUT2D eigenvalue weighted by molar-refractivity contribution is 0.151. The van der Waals surface area contributed by atoms with Gasteiger partial charge in [0.15, 0.2) is 5.96 Å². The standard InChI is InChI=1S/C12H17F2N3/c1-17(2)12(16-9-11(13)14)15-8-10-6-4-3-5-7-10/h3-7,11H,8-9H2,1-2H3,(H,15,16). The van der Waals surface area contributed by atoms with Crippen LogP contribution in [0, 0.1) is 0 Å². The normalized spacial score (nSPS) is 11.7. The number of rotatable bonds is 4. The van der Waals surface area contributed by atoms with E-state index in [0.717, 1.165) is 5.56 Å². The first-order chi connectivity index (χ1) is 8.09. The molecule has 0 aliphatic rings. The van der Waals surface area contributed by atoms with Gasteiger partial charge in [-0.1, -0.05) is 30.3 Å². The number of nitrogens with zero attached hydrogens (tertiary/aromatic N) is 2. The Hall–Kier alpha value is -1.65. The number of alkyl halides is 2. The van der Waals surface area contributed by atoms with Crippen molar-refractivity contribution in [2.45, 2.75) is 13.0 Å². The van der Waals surface area contributed by atoms with Gasteiger partial charge in [-0.25, -0.2) is 13.8 Å². The number of benzene rings is 1. The van der Waals surface area contributed by atoms with Crippen LogP contribution < -0.4 is 5.32 Å². The fourth-order valence-corrected chi connectivity index (χ4v) is 1.27. The second-order valence-corrected chi connectivity index (χ2v) is 3.79. The molecule has 0 saturated carbocycles. The van der Waals surface area contributed by atoms with Gasteiger partial charge in [-0.15, -0.1) is 0 Å². The molecule has 0 bridgehead atoms. The predicted octanol–water partition coefficient (Wildman–Crippen LogP) is 1.96. The zero-order valence-corrected chi connectivity index (χ0v) is 10.0. The molecule has 3 nitrogen and oxygen atoms in total. The van der Waals surface area contributed by atoms with Crippen LogP contribution in [-0.2, 0) is 6.54 Å². The molecule has 0 aliphatic heterocycles. The summed E-state index contributed by atoms with van der Waals surface area (Å²) in [6.45, 7) is 0.0936. The van der Waals surface area contributed by atoms with Crippen molar-refractivity contribution in [1.82, 2.24) is 10.2 Å². The summed E-state index contributed by atoms with van der Waals surface area (Å²) in [5.41, 5.74) is 1.05. The Morgan fingerprint density at radius 3 is 2.47 bits per heavy atom. The van der Waals surface area contributed by atoms with Gasteiger partial charge in [-0.05, 0) is 5.56 Å². The zero-order chi connectivity index (χ0) is 12.7. The summed E-state index contributed by atoms with van der Waals surface area (Å²) in [6, 6.07) is 9.67. The maximum absolute atomic E-state index is 12.1. The Morgan fingerprint density at radius 2 is 1.94 bits per heavy atom. The molecule has 0 saturated heterocycles. The maximum atomic E-state index is 12.1. The molecule has 0 heterocycles. The van der Waals surface area contributed by atoms with Gasteiger partial charge < -0.3 is 10.2 Å². The molecule has 1 aromatic rings. The summed E-state index contributed by atoms with van der Waals surface area (Å²) in [6.07, 6.45) is -2.38. The van der Waals surface area contributed by atoms with E-state index in [1.807, 2.05) is 30.3 Å². The fraction of sp³-hybridized carbons (Fsp3) is 0.417. The van der Waals surface area contributed by atoms with Crippen molar-refractivity contribution in [3.05, 3.63) is 35.9 Å². The summed E-state index contributed by atoms with van der Waals surface area (Å²) >= 11 is 0. The minimum Gasteiger partial charge on any atom is -0.351 e. The summed E-state index contributed by atoms with van der Waals surface area (Å²) in [5.74, 6) is 0.467. The van der Waals surface area contributed by atoms with Crippen LogP contribution >= 0.6 is 0 Å². The van der Waals surface area contributed by atoms with E-state index in [1.54, 1.807) is 19.0 Å². The van der Waals surface area contributed by atoms with Crippen molar-refractivity contribution in [2.24, 2.45) is 4.99 Å². The molecule has 0 fully saturated rings. The lowest BCUT2D eigenvalue weighted by Crippen LogP contribution is -2.38. The van der Waals surface area contributed by atoms with Crippen molar-refractivity contribution in [3.63, 3.8) is 0 Å². The molecule has 0 radical (unpaired) electrons. The highest BCUT2D eigenvalue weighted by Gasteiger charge is 2.06. The van der Waals surface area contributed by atoms with Crippen molar-refractivity contribution in [2.75, 3.05) is 20.6 Å². The van der Waals surface area contributed by atoms with E-state index < -0.39 is 6.43 Å². The fourth-order valence-electron chi connectivity index (χ4n) is 1.27. The van der Waals surface area contributed by atoms with E-state index in [9.17, 15) is 8.78 Å². The summed E-state index contributed by atoms with van der Waals surface area (Å²) in [5, 5.41) is 2.61. The highest BCUT2D eigenvalue weighted by molar-refractivity contribution is 5.79. The SMILES string of the molecule is CN(C)C(=NCc1ccccc1)NCC(F)F. The van der Waals surface area contributed by atoms with E-state index in [0.29, 0.717) is 12.5 Å². The van der Waals surface area contributed by atoms with Gasteiger partial charge in [0.25, 0.3) is 6.43 Å². The van der Waals surface area contributed by atoms with Gasteiger partial charge in [-0.3, -0.25) is 0 Å². The molecule has 1 rings (SSSR count). The molecule has 0 aromatic heterocycles. The molecule has 0 aliphatic carbocycles. The minimum absolute atomic E-state index is 0.383. The third-order valence-electron chi connectivity index (χ3n) is 2.09. The molecule has 0 atom stereocenters. The van der Waals surface area contributed by atoms with Crippen LogP contribution in [0.5, 0.6) is 0 Å². The Labute approximate surface area is 100 Å². The second kappa shape index (κ2) is 6.83. The number of aliphatic imine (C=N–C) groups is 1. The first-order valence-corrected chi connectivity index (χ1v) is 5.37. The van der Waals surface area contributed by atoms with Gasteiger partial charge in [0.2, 0.25) is 0 Å². The van der Waals surface area contributed by atoms with Gasteiger partial charge in [0.05, 0.1) is 13.1 Å². The van der Waals surface area contributed by atoms with Crippen molar-refractivity contribution >= 4 is 5.96 Å². The largest absolute Gasteiger partial charge is 0.351 e. The lowest BCUT2D eigenvalue weighted by atomic mass is 10.2. The summed E-state index contributed by atoms with van der Waals surface area (Å²) in [7, 11) is 3.53. The monoisotopic (exact) mass is 241 g/mol. The Balaban J connectivity index is 2.58. The Morgan fingerprint density at radius 1 is 1.29 bits per heavy atom. The van der Waals surface area contributed by atoms with E-state index in [2.05, 4.69) is 10.3 Å². The third-order valence-corrected chi connectivity index (χ3v) is 2.09. The number of hydrogen-bond donors (Lipinski definition) is 1. The highest BCUT2D eigenvalue weighted by atomic mass is 19.3. The molecular formula is C12H17F2N3. The minimum atomic E-state index is -2.38. The van der Waals surface area contributed by atoms with Gasteiger partial charge >= 0.3 is 0 Å². The van der Waals surface area contributed by atoms with Crippen molar-refractivity contribution in [1.29, 1.82) is 0 Å². The van der Waals surface area contributed by atoms with Crippen LogP contribution in [0.2, 0.25) is 0 Å². The summed E-state index contributed by atoms with van der Waals surface area (Å²) < 4.78 is 24.2. The van der Waals surface area contributed by atoms with Crippen LogP contribution in [-0.4, -0.2) is 37.9 Å². The van der Waals surface area contributed by atoms with E-state index in [1.165, 1.54) is 0 Å². The molecule has 1 N–H and O–H groups in total. The molecule has 5 heteroatoms. The summed E-state index contributed by atoms with van der Waals surface area (Å²) in [4.78, 5) is 5.95. The first kappa shape index (κ1) is 13.4. The molecule has 1 aromatic carbocycles. The van der Waals surface area contributed by atoms with Gasteiger partial charge in [0.1, 0.15) is 0 Å². The van der Waals surface area contributed by atoms with Crippen LogP contribution in [0.15, 0.2) is 35.3 Å². The van der Waals surface area contributed by atoms with Crippen molar-refractivity contribution in [3.8, 4) is 0 Å². The molecule has 0 spiro atoms. The molecule has 17 heavy (non-hydrogen) atoms. The smallest absolute Gasteiger partial charge is 0.255 e. The molecule has 0 amide bonds. The quantitative estimate of drug-likeness (QED) is 0.644. The first-order valence-electron chi connectivity index (χ1n) is 5.37. The number of hydrogen-bond acceptors (Lipinski definition) is 1. The van der Waals surface area contributed by atoms with Gasteiger partial charge in [0, 0.05) is 14.1 Å². The van der Waals surface area contributed by atoms with Crippen LogP contribution in [0.1, 0.15) is 5.56 Å². The van der Waals surface area contributed by atoms with Gasteiger partial charge in [-0.2, -0.15) is 0 Å². The van der Waals surface area contributed by atoms with Crippen molar-refractivity contribution < 1.29 is 8.78 Å². The molecule has 94 valence electrons. The van der Waals surface area contributed by atoms with Crippen LogP contribution in [0.25, 0.3) is 0 Å². The molecule has 0 unspecified atom stereocenters. The average molecular weight is 241 g/mol. The number of nitrogens with one attached hydrogen (secondary N) is 1. The lowest BCUT2D eigenvalue weighted by Gasteiger charge is -2.17. The average Bonchev–Trinajstić information content (AvgIpc) is 2.29. The Bertz CT molecular complexity index is 350. The zero-order valence-electron chi connectivity index (χ0n) is 10.0. The molecular weight excluding hydrogens is 224 g/mol. The number of halogens is 2. The Kier molecular flexibility index (Phi) is 5.39. The van der Waals surface area contributed by atoms with Crippen LogP contribution in [0.4, 0.5) is 8.78 Å². The van der Waals surface area contributed by atoms with E-state index in [-0.39, 0.29) is 6.54 Å². The van der Waals surface area contributed by atoms with E-state index in [4.69, 9.17) is 0 Å². The van der Waals surface area contributed by atoms with Crippen LogP contribution in [0.3, 0.4) is 0 Å².